The first-order chi connectivity index (χ1) is 15.6. The van der Waals surface area contributed by atoms with Gasteiger partial charge in [-0.1, -0.05) is 73.3 Å². The van der Waals surface area contributed by atoms with Crippen molar-refractivity contribution in [1.29, 1.82) is 0 Å². The van der Waals surface area contributed by atoms with Crippen LogP contribution in [-0.2, 0) is 6.42 Å². The Hall–Kier alpha value is -3.23. The molecule has 3 aromatic heterocycles. The van der Waals surface area contributed by atoms with Gasteiger partial charge in [0, 0.05) is 16.5 Å². The fourth-order valence-electron chi connectivity index (χ4n) is 3.53. The van der Waals surface area contributed by atoms with Crippen molar-refractivity contribution >= 4 is 33.3 Å². The molecule has 5 aromatic rings. The summed E-state index contributed by atoms with van der Waals surface area (Å²) in [5.41, 5.74) is 4.09. The van der Waals surface area contributed by atoms with Gasteiger partial charge in [-0.25, -0.2) is 9.97 Å². The molecule has 8 heteroatoms. The Balaban J connectivity index is 1.39. The second-order valence-electron chi connectivity index (χ2n) is 7.42. The molecule has 0 radical (unpaired) electrons. The number of hydrogen-bond acceptors (Lipinski definition) is 6. The van der Waals surface area contributed by atoms with Crippen molar-refractivity contribution in [3.63, 3.8) is 0 Å². The normalized spacial score (nSPS) is 12.3. The van der Waals surface area contributed by atoms with Gasteiger partial charge >= 0.3 is 0 Å². The van der Waals surface area contributed by atoms with Crippen molar-refractivity contribution in [1.82, 2.24) is 25.1 Å². The molecule has 32 heavy (non-hydrogen) atoms. The number of nitrogens with zero attached hydrogens (tertiary/aromatic N) is 3. The number of aromatic amines is 2. The van der Waals surface area contributed by atoms with E-state index in [0.717, 1.165) is 33.8 Å². The van der Waals surface area contributed by atoms with E-state index in [2.05, 4.69) is 39.2 Å². The molecule has 0 aliphatic rings. The molecule has 0 amide bonds. The van der Waals surface area contributed by atoms with Crippen LogP contribution in [0.15, 0.2) is 69.9 Å². The van der Waals surface area contributed by atoms with Gasteiger partial charge in [-0.2, -0.15) is 0 Å². The summed E-state index contributed by atoms with van der Waals surface area (Å²) in [6.45, 7) is 4.13. The highest BCUT2D eigenvalue weighted by atomic mass is 32.2. The zero-order valence-electron chi connectivity index (χ0n) is 17.6. The number of aryl methyl sites for hydroxylation is 1. The molecule has 2 N–H and O–H groups in total. The van der Waals surface area contributed by atoms with Crippen molar-refractivity contribution < 1.29 is 0 Å². The molecule has 6 nitrogen and oxygen atoms in total. The van der Waals surface area contributed by atoms with Crippen LogP contribution in [0.2, 0.25) is 0 Å². The van der Waals surface area contributed by atoms with E-state index in [9.17, 15) is 4.79 Å². The maximum atomic E-state index is 12.9. The summed E-state index contributed by atoms with van der Waals surface area (Å²) in [5, 5.41) is 10.5. The van der Waals surface area contributed by atoms with E-state index in [1.165, 1.54) is 28.7 Å². The summed E-state index contributed by atoms with van der Waals surface area (Å²) in [7, 11) is 0. The number of nitrogens with one attached hydrogen (secondary N) is 2. The van der Waals surface area contributed by atoms with Crippen molar-refractivity contribution in [3.05, 3.63) is 81.7 Å². The fraction of sp³-hybridized carbons (Fsp3) is 0.167. The van der Waals surface area contributed by atoms with Crippen LogP contribution >= 0.6 is 23.1 Å². The lowest BCUT2D eigenvalue weighted by Gasteiger charge is -2.08. The SMILES string of the molecule is CCc1ccc(-c2nc(SC(C)c3nc4scc(-c5ccccc5)c4c(=O)[nH]3)n[nH]2)cc1. The minimum Gasteiger partial charge on any atom is -0.309 e. The lowest BCUT2D eigenvalue weighted by molar-refractivity contribution is 0.906. The zero-order chi connectivity index (χ0) is 22.1. The molecular formula is C24H21N5OS2. The van der Waals surface area contributed by atoms with Crippen LogP contribution in [-0.4, -0.2) is 25.1 Å². The molecule has 1 unspecified atom stereocenters. The highest BCUT2D eigenvalue weighted by Crippen LogP contribution is 2.34. The molecule has 3 heterocycles. The van der Waals surface area contributed by atoms with E-state index in [1.54, 1.807) is 0 Å². The quantitative estimate of drug-likeness (QED) is 0.311. The number of rotatable bonds is 6. The number of thioether (sulfide) groups is 1. The molecule has 1 atom stereocenters. The Morgan fingerprint density at radius 2 is 1.81 bits per heavy atom. The smallest absolute Gasteiger partial charge is 0.260 e. The summed E-state index contributed by atoms with van der Waals surface area (Å²) in [4.78, 5) is 26.0. The van der Waals surface area contributed by atoms with E-state index in [-0.39, 0.29) is 10.8 Å². The second-order valence-corrected chi connectivity index (χ2v) is 9.59. The topological polar surface area (TPSA) is 87.3 Å². The van der Waals surface area contributed by atoms with Crippen LogP contribution in [0.5, 0.6) is 0 Å². The Labute approximate surface area is 193 Å². The van der Waals surface area contributed by atoms with Gasteiger partial charge in [-0.3, -0.25) is 9.89 Å². The summed E-state index contributed by atoms with van der Waals surface area (Å²) in [5.74, 6) is 1.35. The van der Waals surface area contributed by atoms with E-state index in [0.29, 0.717) is 16.4 Å². The largest absolute Gasteiger partial charge is 0.309 e. The number of H-pyrrole nitrogens is 2. The highest BCUT2D eigenvalue weighted by Gasteiger charge is 2.18. The predicted octanol–water partition coefficient (Wildman–Crippen LogP) is 5.85. The van der Waals surface area contributed by atoms with Gasteiger partial charge in [0.1, 0.15) is 10.7 Å². The number of benzene rings is 2. The summed E-state index contributed by atoms with van der Waals surface area (Å²) in [6.07, 6.45) is 1.00. The third-order valence-electron chi connectivity index (χ3n) is 5.31. The fourth-order valence-corrected chi connectivity index (χ4v) is 5.27. The molecule has 0 saturated carbocycles. The van der Waals surface area contributed by atoms with Gasteiger partial charge in [-0.15, -0.1) is 16.4 Å². The lowest BCUT2D eigenvalue weighted by Crippen LogP contribution is -2.12. The molecule has 0 aliphatic heterocycles. The maximum Gasteiger partial charge on any atom is 0.260 e. The number of aromatic nitrogens is 5. The lowest BCUT2D eigenvalue weighted by atomic mass is 10.1. The molecule has 2 aromatic carbocycles. The Bertz CT molecular complexity index is 1420. The first kappa shape index (κ1) is 20.7. The molecular weight excluding hydrogens is 438 g/mol. The Morgan fingerprint density at radius 1 is 1.03 bits per heavy atom. The van der Waals surface area contributed by atoms with Gasteiger partial charge in [0.25, 0.3) is 5.56 Å². The number of thiophene rings is 1. The van der Waals surface area contributed by atoms with Gasteiger partial charge in [-0.05, 0) is 24.5 Å². The van der Waals surface area contributed by atoms with Crippen LogP contribution in [0.4, 0.5) is 0 Å². The number of fused-ring (bicyclic) bond motifs is 1. The van der Waals surface area contributed by atoms with E-state index in [1.807, 2.05) is 54.8 Å². The summed E-state index contributed by atoms with van der Waals surface area (Å²) < 4.78 is 0. The first-order valence-electron chi connectivity index (χ1n) is 10.4. The predicted molar refractivity (Wildman–Crippen MR) is 131 cm³/mol. The zero-order valence-corrected chi connectivity index (χ0v) is 19.3. The monoisotopic (exact) mass is 459 g/mol. The highest BCUT2D eigenvalue weighted by molar-refractivity contribution is 7.99. The van der Waals surface area contributed by atoms with Crippen LogP contribution < -0.4 is 5.56 Å². The van der Waals surface area contributed by atoms with Gasteiger partial charge in [0.15, 0.2) is 5.82 Å². The molecule has 0 aliphatic carbocycles. The van der Waals surface area contributed by atoms with E-state index < -0.39 is 0 Å². The van der Waals surface area contributed by atoms with Crippen molar-refractivity contribution in [2.45, 2.75) is 30.7 Å². The molecule has 5 rings (SSSR count). The maximum absolute atomic E-state index is 12.9. The third kappa shape index (κ3) is 3.99. The van der Waals surface area contributed by atoms with Gasteiger partial charge < -0.3 is 4.98 Å². The second kappa shape index (κ2) is 8.72. The van der Waals surface area contributed by atoms with Crippen LogP contribution in [0.25, 0.3) is 32.7 Å². The Morgan fingerprint density at radius 3 is 2.56 bits per heavy atom. The standard InChI is InChI=1S/C24H21N5OS2/c1-3-15-9-11-17(12-10-15)21-27-24(29-28-21)32-14(2)20-25-22(30)19-18(13-31-23(19)26-20)16-7-5-4-6-8-16/h4-14H,3H2,1-2H3,(H,25,26,30)(H,27,28,29). The van der Waals surface area contributed by atoms with Crippen molar-refractivity contribution in [2.75, 3.05) is 0 Å². The molecule has 0 saturated heterocycles. The minimum absolute atomic E-state index is 0.111. The third-order valence-corrected chi connectivity index (χ3v) is 7.16. The summed E-state index contributed by atoms with van der Waals surface area (Å²) in [6, 6.07) is 18.2. The molecule has 0 fully saturated rings. The first-order valence-corrected chi connectivity index (χ1v) is 12.1. The molecule has 160 valence electrons. The van der Waals surface area contributed by atoms with Gasteiger partial charge in [0.2, 0.25) is 5.16 Å². The molecule has 0 spiro atoms. The number of hydrogen-bond donors (Lipinski definition) is 2. The van der Waals surface area contributed by atoms with Crippen molar-refractivity contribution in [3.8, 4) is 22.5 Å². The summed E-state index contributed by atoms with van der Waals surface area (Å²) >= 11 is 2.95. The van der Waals surface area contributed by atoms with Crippen molar-refractivity contribution in [2.24, 2.45) is 0 Å². The average Bonchev–Trinajstić information content (AvgIpc) is 3.47. The average molecular weight is 460 g/mol. The van der Waals surface area contributed by atoms with Crippen LogP contribution in [0, 0.1) is 0 Å². The van der Waals surface area contributed by atoms with E-state index in [4.69, 9.17) is 4.98 Å². The molecule has 0 bridgehead atoms. The Kier molecular flexibility index (Phi) is 5.63. The van der Waals surface area contributed by atoms with Crippen LogP contribution in [0.1, 0.15) is 30.5 Å². The van der Waals surface area contributed by atoms with Crippen LogP contribution in [0.3, 0.4) is 0 Å². The van der Waals surface area contributed by atoms with E-state index >= 15 is 0 Å². The van der Waals surface area contributed by atoms with Gasteiger partial charge in [0.05, 0.1) is 10.6 Å². The minimum atomic E-state index is -0.121.